The van der Waals surface area contributed by atoms with E-state index in [-0.39, 0.29) is 24.1 Å². The van der Waals surface area contributed by atoms with Crippen LogP contribution in [-0.4, -0.2) is 18.5 Å². The first-order valence-corrected chi connectivity index (χ1v) is 6.12. The van der Waals surface area contributed by atoms with Gasteiger partial charge in [0.1, 0.15) is 5.58 Å². The number of benzene rings is 1. The average molecular weight is 260 g/mol. The Bertz CT molecular complexity index is 646. The van der Waals surface area contributed by atoms with Gasteiger partial charge >= 0.3 is 5.63 Å². The predicted octanol–water partition coefficient (Wildman–Crippen LogP) is 1.73. The van der Waals surface area contributed by atoms with Crippen molar-refractivity contribution in [1.82, 2.24) is 5.32 Å². The summed E-state index contributed by atoms with van der Waals surface area (Å²) in [6, 6.07) is 8.43. The summed E-state index contributed by atoms with van der Waals surface area (Å²) >= 11 is 0. The SMILES string of the molecule is CC(C)NCC(=O)Nc1ccc2oc(=O)ccc2c1. The molecule has 1 aromatic carbocycles. The van der Waals surface area contributed by atoms with Crippen LogP contribution in [-0.2, 0) is 4.79 Å². The maximum absolute atomic E-state index is 11.7. The van der Waals surface area contributed by atoms with E-state index < -0.39 is 0 Å². The Hall–Kier alpha value is -2.14. The van der Waals surface area contributed by atoms with E-state index in [0.29, 0.717) is 11.3 Å². The number of hydrogen-bond donors (Lipinski definition) is 2. The van der Waals surface area contributed by atoms with Gasteiger partial charge in [-0.2, -0.15) is 0 Å². The minimum Gasteiger partial charge on any atom is -0.423 e. The predicted molar refractivity (Wildman–Crippen MR) is 74.3 cm³/mol. The van der Waals surface area contributed by atoms with Crippen LogP contribution in [0.1, 0.15) is 13.8 Å². The van der Waals surface area contributed by atoms with Gasteiger partial charge in [0.25, 0.3) is 0 Å². The highest BCUT2D eigenvalue weighted by Crippen LogP contribution is 2.17. The Labute approximate surface area is 110 Å². The molecule has 0 saturated heterocycles. The van der Waals surface area contributed by atoms with Gasteiger partial charge in [-0.1, -0.05) is 13.8 Å². The van der Waals surface area contributed by atoms with Crippen LogP contribution in [0.25, 0.3) is 11.0 Å². The molecule has 2 aromatic rings. The molecular formula is C14H16N2O3. The van der Waals surface area contributed by atoms with Crippen molar-refractivity contribution >= 4 is 22.6 Å². The Balaban J connectivity index is 2.11. The largest absolute Gasteiger partial charge is 0.423 e. The minimum absolute atomic E-state index is 0.106. The van der Waals surface area contributed by atoms with Crippen LogP contribution in [0.5, 0.6) is 0 Å². The summed E-state index contributed by atoms with van der Waals surface area (Å²) in [6.45, 7) is 4.22. The van der Waals surface area contributed by atoms with Crippen molar-refractivity contribution in [1.29, 1.82) is 0 Å². The van der Waals surface area contributed by atoms with Gasteiger partial charge in [0.05, 0.1) is 6.54 Å². The van der Waals surface area contributed by atoms with Crippen molar-refractivity contribution in [2.45, 2.75) is 19.9 Å². The molecule has 0 fully saturated rings. The summed E-state index contributed by atoms with van der Waals surface area (Å²) in [5.74, 6) is -0.106. The van der Waals surface area contributed by atoms with Crippen molar-refractivity contribution in [3.8, 4) is 0 Å². The molecule has 0 spiro atoms. The fourth-order valence-electron chi connectivity index (χ4n) is 1.65. The lowest BCUT2D eigenvalue weighted by Crippen LogP contribution is -2.32. The molecule has 1 heterocycles. The highest BCUT2D eigenvalue weighted by atomic mass is 16.4. The van der Waals surface area contributed by atoms with Crippen molar-refractivity contribution in [2.75, 3.05) is 11.9 Å². The highest BCUT2D eigenvalue weighted by molar-refractivity contribution is 5.94. The molecule has 2 N–H and O–H groups in total. The van der Waals surface area contributed by atoms with E-state index in [9.17, 15) is 9.59 Å². The van der Waals surface area contributed by atoms with Crippen LogP contribution in [0.2, 0.25) is 0 Å². The topological polar surface area (TPSA) is 71.3 Å². The first kappa shape index (κ1) is 13.3. The molecule has 0 bridgehead atoms. The second-order valence-corrected chi connectivity index (χ2v) is 4.59. The van der Waals surface area contributed by atoms with Gasteiger partial charge in [-0.05, 0) is 24.3 Å². The average Bonchev–Trinajstić information content (AvgIpc) is 2.36. The first-order chi connectivity index (χ1) is 9.04. The fourth-order valence-corrected chi connectivity index (χ4v) is 1.65. The zero-order valence-corrected chi connectivity index (χ0v) is 10.9. The maximum Gasteiger partial charge on any atom is 0.336 e. The van der Waals surface area contributed by atoms with E-state index in [1.54, 1.807) is 24.3 Å². The van der Waals surface area contributed by atoms with Crippen LogP contribution in [0.3, 0.4) is 0 Å². The molecular weight excluding hydrogens is 244 g/mol. The van der Waals surface area contributed by atoms with Gasteiger partial charge in [-0.15, -0.1) is 0 Å². The molecule has 0 aliphatic rings. The zero-order chi connectivity index (χ0) is 13.8. The monoisotopic (exact) mass is 260 g/mol. The van der Waals surface area contributed by atoms with Gasteiger partial charge in [0.15, 0.2) is 0 Å². The molecule has 5 nitrogen and oxygen atoms in total. The smallest absolute Gasteiger partial charge is 0.336 e. The van der Waals surface area contributed by atoms with E-state index in [2.05, 4.69) is 10.6 Å². The van der Waals surface area contributed by atoms with E-state index in [0.717, 1.165) is 5.39 Å². The molecule has 0 unspecified atom stereocenters. The Morgan fingerprint density at radius 1 is 1.26 bits per heavy atom. The summed E-state index contributed by atoms with van der Waals surface area (Å²) in [5.41, 5.74) is 0.799. The normalized spacial score (nSPS) is 10.9. The zero-order valence-electron chi connectivity index (χ0n) is 10.9. The molecule has 0 aliphatic carbocycles. The second-order valence-electron chi connectivity index (χ2n) is 4.59. The third-order valence-electron chi connectivity index (χ3n) is 2.57. The Kier molecular flexibility index (Phi) is 3.97. The van der Waals surface area contributed by atoms with E-state index in [1.165, 1.54) is 6.07 Å². The summed E-state index contributed by atoms with van der Waals surface area (Å²) in [7, 11) is 0. The lowest BCUT2D eigenvalue weighted by molar-refractivity contribution is -0.115. The number of hydrogen-bond acceptors (Lipinski definition) is 4. The number of carbonyl (C=O) groups is 1. The van der Waals surface area contributed by atoms with Crippen molar-refractivity contribution < 1.29 is 9.21 Å². The third kappa shape index (κ3) is 3.66. The number of amides is 1. The van der Waals surface area contributed by atoms with Crippen LogP contribution < -0.4 is 16.3 Å². The van der Waals surface area contributed by atoms with Gasteiger partial charge in [0, 0.05) is 23.2 Å². The van der Waals surface area contributed by atoms with Crippen LogP contribution in [0.4, 0.5) is 5.69 Å². The lowest BCUT2D eigenvalue weighted by atomic mass is 10.2. The molecule has 0 aliphatic heterocycles. The highest BCUT2D eigenvalue weighted by Gasteiger charge is 2.04. The number of fused-ring (bicyclic) bond motifs is 1. The Morgan fingerprint density at radius 2 is 2.05 bits per heavy atom. The summed E-state index contributed by atoms with van der Waals surface area (Å²) in [6.07, 6.45) is 0. The summed E-state index contributed by atoms with van der Waals surface area (Å²) < 4.78 is 5.02. The first-order valence-electron chi connectivity index (χ1n) is 6.12. The van der Waals surface area contributed by atoms with E-state index >= 15 is 0 Å². The maximum atomic E-state index is 11.7. The molecule has 1 amide bonds. The van der Waals surface area contributed by atoms with E-state index in [1.807, 2.05) is 13.8 Å². The summed E-state index contributed by atoms with van der Waals surface area (Å²) in [5, 5.41) is 6.59. The van der Waals surface area contributed by atoms with Gasteiger partial charge in [0.2, 0.25) is 5.91 Å². The summed E-state index contributed by atoms with van der Waals surface area (Å²) in [4.78, 5) is 22.7. The van der Waals surface area contributed by atoms with Crippen molar-refractivity contribution in [2.24, 2.45) is 0 Å². The Morgan fingerprint density at radius 3 is 2.79 bits per heavy atom. The van der Waals surface area contributed by atoms with Crippen molar-refractivity contribution in [3.05, 3.63) is 40.8 Å². The molecule has 19 heavy (non-hydrogen) atoms. The van der Waals surface area contributed by atoms with Crippen molar-refractivity contribution in [3.63, 3.8) is 0 Å². The molecule has 5 heteroatoms. The molecule has 0 saturated carbocycles. The number of rotatable bonds is 4. The molecule has 100 valence electrons. The van der Waals surface area contributed by atoms with Gasteiger partial charge < -0.3 is 15.1 Å². The number of anilines is 1. The van der Waals surface area contributed by atoms with Gasteiger partial charge in [-0.3, -0.25) is 4.79 Å². The third-order valence-corrected chi connectivity index (χ3v) is 2.57. The molecule has 0 atom stereocenters. The van der Waals surface area contributed by atoms with E-state index in [4.69, 9.17) is 4.42 Å². The van der Waals surface area contributed by atoms with Crippen LogP contribution in [0, 0.1) is 0 Å². The molecule has 1 aromatic heterocycles. The minimum atomic E-state index is -0.384. The fraction of sp³-hybridized carbons (Fsp3) is 0.286. The quantitative estimate of drug-likeness (QED) is 0.821. The number of nitrogens with one attached hydrogen (secondary N) is 2. The number of carbonyl (C=O) groups excluding carboxylic acids is 1. The molecule has 0 radical (unpaired) electrons. The standard InChI is InChI=1S/C14H16N2O3/c1-9(2)15-8-13(17)16-11-4-5-12-10(7-11)3-6-14(18)19-12/h3-7,9,15H,8H2,1-2H3,(H,16,17). The van der Waals surface area contributed by atoms with Gasteiger partial charge in [-0.25, -0.2) is 4.79 Å². The second kappa shape index (κ2) is 5.67. The van der Waals surface area contributed by atoms with Crippen LogP contribution in [0.15, 0.2) is 39.5 Å². The molecule has 2 rings (SSSR count). The van der Waals surface area contributed by atoms with Crippen LogP contribution >= 0.6 is 0 Å². The lowest BCUT2D eigenvalue weighted by Gasteiger charge is -2.09.